The van der Waals surface area contributed by atoms with Crippen molar-refractivity contribution in [2.75, 3.05) is 12.4 Å². The number of rotatable bonds is 5. The van der Waals surface area contributed by atoms with Crippen LogP contribution in [-0.2, 0) is 0 Å². The summed E-state index contributed by atoms with van der Waals surface area (Å²) >= 11 is 18.6. The second-order valence-corrected chi connectivity index (χ2v) is 7.51. The average molecular weight is 447 g/mol. The number of halogens is 3. The molecule has 148 valence electrons. The van der Waals surface area contributed by atoms with Crippen molar-refractivity contribution in [2.45, 2.75) is 6.92 Å². The van der Waals surface area contributed by atoms with Crippen LogP contribution in [0.2, 0.25) is 15.1 Å². The molecule has 1 heterocycles. The van der Waals surface area contributed by atoms with E-state index in [-0.39, 0.29) is 0 Å². The third kappa shape index (κ3) is 5.30. The summed E-state index contributed by atoms with van der Waals surface area (Å²) in [6, 6.07) is 12.6. The first-order valence-electron chi connectivity index (χ1n) is 8.63. The van der Waals surface area contributed by atoms with Gasteiger partial charge in [0.1, 0.15) is 11.6 Å². The summed E-state index contributed by atoms with van der Waals surface area (Å²) in [7, 11) is 1.57. The Balaban J connectivity index is 2.11. The van der Waals surface area contributed by atoms with Crippen LogP contribution in [0.15, 0.2) is 66.4 Å². The molecule has 0 amide bonds. The van der Waals surface area contributed by atoms with Crippen molar-refractivity contribution in [3.8, 4) is 5.75 Å². The lowest BCUT2D eigenvalue weighted by Gasteiger charge is -2.16. The fraction of sp³-hybridized carbons (Fsp3) is 0.0909. The van der Waals surface area contributed by atoms with Crippen LogP contribution < -0.4 is 10.1 Å². The van der Waals surface area contributed by atoms with Gasteiger partial charge >= 0.3 is 0 Å². The van der Waals surface area contributed by atoms with Gasteiger partial charge in [-0.15, -0.1) is 0 Å². The zero-order valence-electron chi connectivity index (χ0n) is 15.8. The van der Waals surface area contributed by atoms with Crippen molar-refractivity contribution in [3.05, 3.63) is 93.2 Å². The first-order chi connectivity index (χ1) is 13.9. The molecule has 1 N–H and O–H groups in total. The lowest BCUT2D eigenvalue weighted by Crippen LogP contribution is -2.16. The van der Waals surface area contributed by atoms with Crippen molar-refractivity contribution in [2.24, 2.45) is 4.99 Å². The van der Waals surface area contributed by atoms with E-state index < -0.39 is 0 Å². The van der Waals surface area contributed by atoms with E-state index in [0.29, 0.717) is 38.0 Å². The Morgan fingerprint density at radius 1 is 1.10 bits per heavy atom. The smallest absolute Gasteiger partial charge is 0.138 e. The molecule has 0 unspecified atom stereocenters. The molecule has 0 aliphatic carbocycles. The summed E-state index contributed by atoms with van der Waals surface area (Å²) < 4.78 is 5.38. The summed E-state index contributed by atoms with van der Waals surface area (Å²) in [6.07, 6.45) is 3.40. The number of aromatic nitrogens is 1. The fourth-order valence-electron chi connectivity index (χ4n) is 2.72. The molecule has 0 radical (unpaired) electrons. The quantitative estimate of drug-likeness (QED) is 0.343. The van der Waals surface area contributed by atoms with Gasteiger partial charge in [0, 0.05) is 39.3 Å². The topological polar surface area (TPSA) is 46.5 Å². The highest BCUT2D eigenvalue weighted by molar-refractivity contribution is 6.35. The SMILES string of the molecule is C=C(N=C(Nc1cc(Cl)cc(Cl)c1)c1cc(OC)c(Cl)cc1C)c1cccnc1. The number of nitrogens with zero attached hydrogens (tertiary/aromatic N) is 2. The van der Waals surface area contributed by atoms with E-state index >= 15 is 0 Å². The van der Waals surface area contributed by atoms with Crippen LogP contribution in [0, 0.1) is 6.92 Å². The molecule has 0 saturated heterocycles. The molecule has 29 heavy (non-hydrogen) atoms. The van der Waals surface area contributed by atoms with E-state index in [2.05, 4.69) is 16.9 Å². The standard InChI is InChI=1S/C22H18Cl3N3O/c1-13-7-20(25)21(29-3)11-19(13)22(27-14(2)15-5-4-6-26-12-15)28-18-9-16(23)8-17(24)10-18/h4-12H,2H2,1,3H3,(H,27,28). The van der Waals surface area contributed by atoms with Crippen LogP contribution in [0.5, 0.6) is 5.75 Å². The van der Waals surface area contributed by atoms with Gasteiger partial charge in [-0.25, -0.2) is 4.99 Å². The number of nitrogens with one attached hydrogen (secondary N) is 1. The summed E-state index contributed by atoms with van der Waals surface area (Å²) in [5, 5.41) is 4.83. The maximum absolute atomic E-state index is 6.26. The van der Waals surface area contributed by atoms with Crippen LogP contribution in [0.4, 0.5) is 5.69 Å². The first kappa shape index (κ1) is 21.2. The van der Waals surface area contributed by atoms with Gasteiger partial charge < -0.3 is 10.1 Å². The van der Waals surface area contributed by atoms with Crippen LogP contribution in [0.25, 0.3) is 5.70 Å². The van der Waals surface area contributed by atoms with Crippen molar-refractivity contribution in [1.29, 1.82) is 0 Å². The minimum absolute atomic E-state index is 0.510. The predicted octanol–water partition coefficient (Wildman–Crippen LogP) is 6.89. The van der Waals surface area contributed by atoms with E-state index in [1.165, 1.54) is 0 Å². The van der Waals surface area contributed by atoms with Gasteiger partial charge in [-0.05, 0) is 55.0 Å². The number of aliphatic imine (C=N–C) groups is 1. The fourth-order valence-corrected chi connectivity index (χ4v) is 3.54. The lowest BCUT2D eigenvalue weighted by atomic mass is 10.1. The highest BCUT2D eigenvalue weighted by atomic mass is 35.5. The monoisotopic (exact) mass is 445 g/mol. The number of ether oxygens (including phenoxy) is 1. The van der Waals surface area contributed by atoms with E-state index in [0.717, 1.165) is 16.7 Å². The molecule has 3 aromatic rings. The van der Waals surface area contributed by atoms with E-state index in [1.54, 1.807) is 37.7 Å². The lowest BCUT2D eigenvalue weighted by molar-refractivity contribution is 0.415. The molecular formula is C22H18Cl3N3O. The maximum Gasteiger partial charge on any atom is 0.138 e. The number of benzene rings is 2. The van der Waals surface area contributed by atoms with Crippen LogP contribution >= 0.6 is 34.8 Å². The van der Waals surface area contributed by atoms with E-state index in [9.17, 15) is 0 Å². The number of anilines is 1. The average Bonchev–Trinajstić information content (AvgIpc) is 2.67. The summed E-state index contributed by atoms with van der Waals surface area (Å²) in [5.41, 5.74) is 3.74. The minimum Gasteiger partial charge on any atom is -0.495 e. The number of amidine groups is 1. The van der Waals surface area contributed by atoms with Crippen molar-refractivity contribution in [1.82, 2.24) is 4.98 Å². The van der Waals surface area contributed by atoms with Crippen molar-refractivity contribution >= 4 is 52.0 Å². The van der Waals surface area contributed by atoms with Gasteiger partial charge in [-0.2, -0.15) is 0 Å². The zero-order valence-corrected chi connectivity index (χ0v) is 18.1. The van der Waals surface area contributed by atoms with Gasteiger partial charge in [0.05, 0.1) is 17.8 Å². The van der Waals surface area contributed by atoms with Gasteiger partial charge in [0.25, 0.3) is 0 Å². The number of hydrogen-bond acceptors (Lipinski definition) is 3. The molecule has 2 aromatic carbocycles. The molecule has 0 spiro atoms. The van der Waals surface area contributed by atoms with Gasteiger partial charge in [0.2, 0.25) is 0 Å². The summed E-state index contributed by atoms with van der Waals surface area (Å²) in [6.45, 7) is 6.02. The highest BCUT2D eigenvalue weighted by Crippen LogP contribution is 2.30. The Morgan fingerprint density at radius 2 is 1.83 bits per heavy atom. The number of methoxy groups -OCH3 is 1. The summed E-state index contributed by atoms with van der Waals surface area (Å²) in [5.74, 6) is 1.09. The number of pyridine rings is 1. The largest absolute Gasteiger partial charge is 0.495 e. The van der Waals surface area contributed by atoms with Crippen LogP contribution in [0.3, 0.4) is 0 Å². The van der Waals surface area contributed by atoms with Crippen molar-refractivity contribution < 1.29 is 4.74 Å². The Bertz CT molecular complexity index is 1060. The van der Waals surface area contributed by atoms with Crippen LogP contribution in [0.1, 0.15) is 16.7 Å². The van der Waals surface area contributed by atoms with E-state index in [4.69, 9.17) is 44.5 Å². The van der Waals surface area contributed by atoms with Crippen molar-refractivity contribution in [3.63, 3.8) is 0 Å². The second-order valence-electron chi connectivity index (χ2n) is 6.23. The molecule has 3 rings (SSSR count). The third-order valence-electron chi connectivity index (χ3n) is 4.12. The molecule has 0 saturated carbocycles. The van der Waals surface area contributed by atoms with Crippen LogP contribution in [-0.4, -0.2) is 17.9 Å². The predicted molar refractivity (Wildman–Crippen MR) is 123 cm³/mol. The Kier molecular flexibility index (Phi) is 6.80. The first-order valence-corrected chi connectivity index (χ1v) is 9.76. The molecule has 0 aliphatic heterocycles. The maximum atomic E-state index is 6.26. The van der Waals surface area contributed by atoms with E-state index in [1.807, 2.05) is 31.2 Å². The zero-order chi connectivity index (χ0) is 21.0. The molecule has 1 aromatic heterocycles. The summed E-state index contributed by atoms with van der Waals surface area (Å²) in [4.78, 5) is 8.85. The molecule has 0 fully saturated rings. The Labute approximate surface area is 184 Å². The normalized spacial score (nSPS) is 11.3. The number of hydrogen-bond donors (Lipinski definition) is 1. The molecule has 7 heteroatoms. The number of aryl methyl sites for hydroxylation is 1. The minimum atomic E-state index is 0.510. The highest BCUT2D eigenvalue weighted by Gasteiger charge is 2.14. The Morgan fingerprint density at radius 3 is 2.45 bits per heavy atom. The third-order valence-corrected chi connectivity index (χ3v) is 4.85. The molecule has 0 bridgehead atoms. The van der Waals surface area contributed by atoms with Gasteiger partial charge in [0.15, 0.2) is 0 Å². The molecule has 0 atom stereocenters. The van der Waals surface area contributed by atoms with Gasteiger partial charge in [-0.3, -0.25) is 4.98 Å². The molecular weight excluding hydrogens is 429 g/mol. The molecule has 0 aliphatic rings. The second kappa shape index (κ2) is 9.31. The Hall–Kier alpha value is -2.53. The van der Waals surface area contributed by atoms with Gasteiger partial charge in [-0.1, -0.05) is 41.4 Å². The molecule has 4 nitrogen and oxygen atoms in total.